The lowest BCUT2D eigenvalue weighted by Crippen LogP contribution is -2.37. The van der Waals surface area contributed by atoms with Crippen LogP contribution in [0.15, 0.2) is 12.2 Å². The van der Waals surface area contributed by atoms with Crippen LogP contribution in [0.4, 0.5) is 0 Å². The highest BCUT2D eigenvalue weighted by Gasteiger charge is 2.24. The van der Waals surface area contributed by atoms with Gasteiger partial charge in [0.25, 0.3) is 0 Å². The Bertz CT molecular complexity index is 652. The molecule has 0 aliphatic heterocycles. The van der Waals surface area contributed by atoms with E-state index in [1.54, 1.807) is 0 Å². The number of hydrogen-bond acceptors (Lipinski definition) is 6. The lowest BCUT2D eigenvalue weighted by molar-refractivity contribution is -0.870. The fourth-order valence-electron chi connectivity index (χ4n) is 4.00. The Morgan fingerprint density at radius 1 is 0.769 bits per heavy atom. The Morgan fingerprint density at radius 2 is 1.26 bits per heavy atom. The molecule has 9 heteroatoms. The monoisotopic (exact) mass is 578 g/mol. The number of likely N-dealkylation sites (N-methyl/N-ethyl adjacent to an activating group) is 1. The van der Waals surface area contributed by atoms with Crippen molar-refractivity contribution in [3.63, 3.8) is 0 Å². The molecule has 0 spiro atoms. The maximum Gasteiger partial charge on any atom is 0.472 e. The molecule has 8 nitrogen and oxygen atoms in total. The van der Waals surface area contributed by atoms with Gasteiger partial charge >= 0.3 is 13.8 Å². The van der Waals surface area contributed by atoms with Gasteiger partial charge in [0.2, 0.25) is 0 Å². The van der Waals surface area contributed by atoms with Crippen molar-refractivity contribution >= 4 is 13.8 Å². The van der Waals surface area contributed by atoms with Crippen LogP contribution in [-0.2, 0) is 23.1 Å². The Kier molecular flexibility index (Phi) is 24.5. The zero-order chi connectivity index (χ0) is 29.2. The summed E-state index contributed by atoms with van der Waals surface area (Å²) in [6, 6.07) is 0. The first-order chi connectivity index (χ1) is 18.6. The second-order valence-electron chi connectivity index (χ2n) is 11.7. The summed E-state index contributed by atoms with van der Waals surface area (Å²) in [5.74, 6) is -0.376. The number of phosphoric ester groups is 1. The van der Waals surface area contributed by atoms with Crippen molar-refractivity contribution in [2.24, 2.45) is 0 Å². The van der Waals surface area contributed by atoms with Gasteiger partial charge in [-0.1, -0.05) is 96.1 Å². The molecule has 2 N–H and O–H groups in total. The molecule has 0 fully saturated rings. The molecule has 0 amide bonds. The van der Waals surface area contributed by atoms with E-state index in [-0.39, 0.29) is 19.2 Å². The summed E-state index contributed by atoms with van der Waals surface area (Å²) in [5, 5.41) is 9.85. The van der Waals surface area contributed by atoms with E-state index in [2.05, 4.69) is 19.1 Å². The number of hydrogen-bond donors (Lipinski definition) is 2. The van der Waals surface area contributed by atoms with Gasteiger partial charge in [-0.25, -0.2) is 4.57 Å². The van der Waals surface area contributed by atoms with Crippen LogP contribution >= 0.6 is 7.82 Å². The summed E-state index contributed by atoms with van der Waals surface area (Å²) in [7, 11) is 1.56. The van der Waals surface area contributed by atoms with E-state index >= 15 is 0 Å². The summed E-state index contributed by atoms with van der Waals surface area (Å²) in [4.78, 5) is 21.5. The summed E-state index contributed by atoms with van der Waals surface area (Å²) in [6.07, 6.45) is 25.0. The first-order valence-electron chi connectivity index (χ1n) is 15.5. The molecule has 0 aromatic heterocycles. The first-order valence-corrected chi connectivity index (χ1v) is 17.0. The third kappa shape index (κ3) is 30.0. The number of quaternary nitrogens is 1. The van der Waals surface area contributed by atoms with E-state index in [1.807, 2.05) is 21.1 Å². The van der Waals surface area contributed by atoms with E-state index in [9.17, 15) is 19.4 Å². The number of aliphatic hydroxyl groups is 1. The summed E-state index contributed by atoms with van der Waals surface area (Å²) < 4.78 is 27.1. The molecule has 0 bridgehead atoms. The SMILES string of the molecule is CCCCCCCCCC/C=C\CCCCCCCCCC(=O)OC[C@@H](O)COP(=O)(O)OCC[N+](C)(C)C. The molecule has 0 aliphatic rings. The second-order valence-corrected chi connectivity index (χ2v) is 13.2. The summed E-state index contributed by atoms with van der Waals surface area (Å²) in [6.45, 7) is 2.14. The zero-order valence-corrected chi connectivity index (χ0v) is 26.5. The van der Waals surface area contributed by atoms with Gasteiger partial charge in [0.05, 0.1) is 27.7 Å². The van der Waals surface area contributed by atoms with Crippen molar-refractivity contribution in [3.8, 4) is 0 Å². The third-order valence-electron chi connectivity index (χ3n) is 6.53. The van der Waals surface area contributed by atoms with E-state index in [1.165, 1.54) is 89.9 Å². The zero-order valence-electron chi connectivity index (χ0n) is 25.6. The van der Waals surface area contributed by atoms with E-state index in [0.29, 0.717) is 17.4 Å². The summed E-state index contributed by atoms with van der Waals surface area (Å²) >= 11 is 0. The number of nitrogens with zero attached hydrogens (tertiary/aromatic N) is 1. The average molecular weight is 579 g/mol. The van der Waals surface area contributed by atoms with Crippen LogP contribution in [-0.4, -0.2) is 74.1 Å². The number of ether oxygens (including phenoxy) is 1. The first kappa shape index (κ1) is 38.2. The van der Waals surface area contributed by atoms with Crippen molar-refractivity contribution in [2.75, 3.05) is 47.5 Å². The maximum absolute atomic E-state index is 11.9. The molecule has 39 heavy (non-hydrogen) atoms. The number of unbranched alkanes of at least 4 members (excludes halogenated alkanes) is 15. The second kappa shape index (κ2) is 25.0. The van der Waals surface area contributed by atoms with E-state index in [4.69, 9.17) is 13.8 Å². The minimum absolute atomic E-state index is 0.0547. The fraction of sp³-hybridized carbons (Fsp3) is 0.900. The molecule has 2 atom stereocenters. The van der Waals surface area contributed by atoms with Crippen LogP contribution in [0.1, 0.15) is 122 Å². The quantitative estimate of drug-likeness (QED) is 0.0329. The highest BCUT2D eigenvalue weighted by Crippen LogP contribution is 2.43. The molecule has 0 aromatic carbocycles. The Morgan fingerprint density at radius 3 is 1.77 bits per heavy atom. The molecular formula is C30H61NO7P+. The van der Waals surface area contributed by atoms with Gasteiger partial charge in [0, 0.05) is 6.42 Å². The fourth-order valence-corrected chi connectivity index (χ4v) is 4.75. The van der Waals surface area contributed by atoms with Crippen LogP contribution in [0.5, 0.6) is 0 Å². The highest BCUT2D eigenvalue weighted by atomic mass is 31.2. The number of aliphatic hydroxyl groups excluding tert-OH is 1. The average Bonchev–Trinajstić information content (AvgIpc) is 2.86. The molecular weight excluding hydrogens is 517 g/mol. The minimum atomic E-state index is -4.24. The molecule has 0 heterocycles. The van der Waals surface area contributed by atoms with Crippen molar-refractivity contribution in [2.45, 2.75) is 129 Å². The number of carbonyl (C=O) groups is 1. The molecule has 0 radical (unpaired) electrons. The lowest BCUT2D eigenvalue weighted by atomic mass is 10.1. The number of esters is 1. The van der Waals surface area contributed by atoms with Gasteiger partial charge in [0.15, 0.2) is 0 Å². The molecule has 0 aliphatic carbocycles. The van der Waals surface area contributed by atoms with Gasteiger partial charge in [-0.05, 0) is 32.1 Å². The normalized spacial score (nSPS) is 14.5. The maximum atomic E-state index is 11.9. The van der Waals surface area contributed by atoms with Crippen LogP contribution in [0.3, 0.4) is 0 Å². The van der Waals surface area contributed by atoms with Crippen molar-refractivity contribution in [3.05, 3.63) is 12.2 Å². The largest absolute Gasteiger partial charge is 0.472 e. The van der Waals surface area contributed by atoms with Gasteiger partial charge < -0.3 is 19.2 Å². The predicted octanol–water partition coefficient (Wildman–Crippen LogP) is 7.33. The van der Waals surface area contributed by atoms with Crippen LogP contribution in [0.25, 0.3) is 0 Å². The molecule has 0 saturated heterocycles. The lowest BCUT2D eigenvalue weighted by Gasteiger charge is -2.24. The number of carbonyl (C=O) groups excluding carboxylic acids is 1. The number of allylic oxidation sites excluding steroid dienone is 2. The predicted molar refractivity (Wildman–Crippen MR) is 160 cm³/mol. The highest BCUT2D eigenvalue weighted by molar-refractivity contribution is 7.47. The van der Waals surface area contributed by atoms with Gasteiger partial charge in [-0.3, -0.25) is 13.8 Å². The molecule has 0 rings (SSSR count). The Hall–Kier alpha value is -0.760. The number of rotatable bonds is 28. The Labute approximate surface area is 239 Å². The minimum Gasteiger partial charge on any atom is -0.463 e. The van der Waals surface area contributed by atoms with Gasteiger partial charge in [-0.15, -0.1) is 0 Å². The van der Waals surface area contributed by atoms with E-state index in [0.717, 1.165) is 19.3 Å². The molecule has 0 aromatic rings. The molecule has 0 saturated carbocycles. The topological polar surface area (TPSA) is 102 Å². The van der Waals surface area contributed by atoms with Crippen molar-refractivity contribution in [1.29, 1.82) is 0 Å². The molecule has 1 unspecified atom stereocenters. The van der Waals surface area contributed by atoms with Crippen LogP contribution in [0, 0.1) is 0 Å². The summed E-state index contributed by atoms with van der Waals surface area (Å²) in [5.41, 5.74) is 0. The Balaban J connectivity index is 3.51. The third-order valence-corrected chi connectivity index (χ3v) is 7.51. The van der Waals surface area contributed by atoms with Gasteiger partial charge in [0.1, 0.15) is 25.9 Å². The number of phosphoric acid groups is 1. The van der Waals surface area contributed by atoms with Crippen molar-refractivity contribution < 1.29 is 37.6 Å². The standard InChI is InChI=1S/C30H60NO7P/c1-5-6-7-8-9-10-11-12-13-14-15-16-17-18-19-20-21-22-23-24-30(33)36-27-29(32)28-38-39(34,35)37-26-25-31(2,3)4/h14-15,29,32H,5-13,16-28H2,1-4H3/p+1/b15-14-/t29-/m1/s1. The molecule has 232 valence electrons. The van der Waals surface area contributed by atoms with Crippen LogP contribution < -0.4 is 0 Å². The van der Waals surface area contributed by atoms with Gasteiger partial charge in [-0.2, -0.15) is 0 Å². The van der Waals surface area contributed by atoms with Crippen molar-refractivity contribution in [1.82, 2.24) is 0 Å². The van der Waals surface area contributed by atoms with Crippen LogP contribution in [0.2, 0.25) is 0 Å². The van der Waals surface area contributed by atoms with E-state index < -0.39 is 20.5 Å². The smallest absolute Gasteiger partial charge is 0.463 e.